The lowest BCUT2D eigenvalue weighted by Crippen LogP contribution is -2.17. The molecule has 0 spiro atoms. The second-order valence-corrected chi connectivity index (χ2v) is 2.16. The maximum absolute atomic E-state index is 5.26. The average Bonchev–Trinajstić information content (AvgIpc) is 2.16. The zero-order chi connectivity index (χ0) is 8.97. The number of anilines is 3. The van der Waals surface area contributed by atoms with E-state index in [0.29, 0.717) is 17.1 Å². The largest absolute Gasteiger partial charge is 0.322 e. The van der Waals surface area contributed by atoms with Gasteiger partial charge in [0.15, 0.2) is 0 Å². The summed E-state index contributed by atoms with van der Waals surface area (Å²) in [4.78, 5) is 0. The molecule has 0 fully saturated rings. The summed E-state index contributed by atoms with van der Waals surface area (Å²) < 4.78 is 0. The van der Waals surface area contributed by atoms with Crippen molar-refractivity contribution < 1.29 is 0 Å². The molecule has 0 unspecified atom stereocenters. The molecule has 0 saturated heterocycles. The smallest absolute Gasteiger partial charge is 0.0980 e. The molecule has 0 atom stereocenters. The molecular weight excluding hydrogens is 156 g/mol. The Morgan fingerprint density at radius 2 is 1.33 bits per heavy atom. The Bertz CT molecular complexity index is 238. The minimum absolute atomic E-state index is 0.627. The number of hydrazine groups is 3. The predicted octanol–water partition coefficient (Wildman–Crippen LogP) is -0.457. The quantitative estimate of drug-likeness (QED) is 0.269. The molecule has 6 nitrogen and oxygen atoms in total. The fourth-order valence-corrected chi connectivity index (χ4v) is 0.948. The van der Waals surface area contributed by atoms with Gasteiger partial charge in [0.05, 0.1) is 17.1 Å². The average molecular weight is 168 g/mol. The molecule has 0 aliphatic carbocycles. The molecule has 0 heterocycles. The van der Waals surface area contributed by atoms with Crippen molar-refractivity contribution in [2.24, 2.45) is 17.5 Å². The first-order chi connectivity index (χ1) is 5.83. The van der Waals surface area contributed by atoms with Gasteiger partial charge in [-0.3, -0.25) is 17.5 Å². The second kappa shape index (κ2) is 3.77. The summed E-state index contributed by atoms with van der Waals surface area (Å²) in [7, 11) is 0. The minimum atomic E-state index is 0.627. The van der Waals surface area contributed by atoms with E-state index < -0.39 is 0 Å². The summed E-state index contributed by atoms with van der Waals surface area (Å²) in [5.41, 5.74) is 9.42. The van der Waals surface area contributed by atoms with Gasteiger partial charge < -0.3 is 16.3 Å². The van der Waals surface area contributed by atoms with E-state index >= 15 is 0 Å². The third-order valence-corrected chi connectivity index (χ3v) is 1.52. The first-order valence-corrected chi connectivity index (χ1v) is 3.36. The molecule has 0 bridgehead atoms. The van der Waals surface area contributed by atoms with E-state index in [4.69, 9.17) is 17.5 Å². The number of rotatable bonds is 3. The zero-order valence-corrected chi connectivity index (χ0v) is 6.46. The van der Waals surface area contributed by atoms with Crippen LogP contribution in [0.1, 0.15) is 0 Å². The third-order valence-electron chi connectivity index (χ3n) is 1.52. The Morgan fingerprint density at radius 1 is 0.833 bits per heavy atom. The van der Waals surface area contributed by atoms with Gasteiger partial charge >= 0.3 is 0 Å². The van der Waals surface area contributed by atoms with Crippen LogP contribution in [-0.4, -0.2) is 0 Å². The molecule has 0 aliphatic heterocycles. The van der Waals surface area contributed by atoms with Crippen molar-refractivity contribution in [1.29, 1.82) is 0 Å². The summed E-state index contributed by atoms with van der Waals surface area (Å²) in [5.74, 6) is 15.7. The highest BCUT2D eigenvalue weighted by Gasteiger charge is 2.03. The lowest BCUT2D eigenvalue weighted by molar-refractivity contribution is 1.27. The SMILES string of the molecule is NNc1cccc(NN)c1NN. The topological polar surface area (TPSA) is 114 Å². The minimum Gasteiger partial charge on any atom is -0.322 e. The van der Waals surface area contributed by atoms with Gasteiger partial charge in [-0.05, 0) is 12.1 Å². The highest BCUT2D eigenvalue weighted by Crippen LogP contribution is 2.27. The molecule has 0 amide bonds. The molecular formula is C6H12N6. The summed E-state index contributed by atoms with van der Waals surface area (Å²) in [5, 5.41) is 0. The molecule has 0 radical (unpaired) electrons. The van der Waals surface area contributed by atoms with Crippen LogP contribution in [0.5, 0.6) is 0 Å². The number of nitrogens with one attached hydrogen (secondary N) is 3. The first-order valence-electron chi connectivity index (χ1n) is 3.36. The predicted molar refractivity (Wildman–Crippen MR) is 49.9 cm³/mol. The van der Waals surface area contributed by atoms with Crippen LogP contribution < -0.4 is 33.8 Å². The zero-order valence-electron chi connectivity index (χ0n) is 6.46. The van der Waals surface area contributed by atoms with Crippen molar-refractivity contribution >= 4 is 17.1 Å². The van der Waals surface area contributed by atoms with E-state index in [2.05, 4.69) is 16.3 Å². The van der Waals surface area contributed by atoms with Crippen molar-refractivity contribution in [3.05, 3.63) is 18.2 Å². The maximum atomic E-state index is 5.26. The standard InChI is InChI=1S/C6H12N6/c7-10-4-2-1-3-5(11-8)6(4)12-9/h1-3,10-12H,7-9H2. The van der Waals surface area contributed by atoms with Gasteiger partial charge in [0.25, 0.3) is 0 Å². The molecule has 1 aromatic carbocycles. The highest BCUT2D eigenvalue weighted by atomic mass is 15.3. The van der Waals surface area contributed by atoms with Crippen molar-refractivity contribution in [2.45, 2.75) is 0 Å². The van der Waals surface area contributed by atoms with Gasteiger partial charge in [-0.25, -0.2) is 0 Å². The van der Waals surface area contributed by atoms with Crippen LogP contribution >= 0.6 is 0 Å². The summed E-state index contributed by atoms with van der Waals surface area (Å²) in [6.07, 6.45) is 0. The van der Waals surface area contributed by atoms with Crippen molar-refractivity contribution in [2.75, 3.05) is 16.3 Å². The van der Waals surface area contributed by atoms with E-state index in [1.807, 2.05) is 0 Å². The molecule has 66 valence electrons. The molecule has 0 aromatic heterocycles. The van der Waals surface area contributed by atoms with Crippen LogP contribution in [0.2, 0.25) is 0 Å². The van der Waals surface area contributed by atoms with E-state index in [9.17, 15) is 0 Å². The van der Waals surface area contributed by atoms with Crippen LogP contribution in [0.15, 0.2) is 18.2 Å². The summed E-state index contributed by atoms with van der Waals surface area (Å²) in [6, 6.07) is 5.34. The number of para-hydroxylation sites is 1. The maximum Gasteiger partial charge on any atom is 0.0980 e. The molecule has 1 rings (SSSR count). The van der Waals surface area contributed by atoms with E-state index in [1.165, 1.54) is 0 Å². The van der Waals surface area contributed by atoms with E-state index in [0.717, 1.165) is 0 Å². The van der Waals surface area contributed by atoms with Gasteiger partial charge in [0, 0.05) is 0 Å². The monoisotopic (exact) mass is 168 g/mol. The Balaban J connectivity index is 3.13. The summed E-state index contributed by atoms with van der Waals surface area (Å²) in [6.45, 7) is 0. The molecule has 1 aromatic rings. The normalized spacial score (nSPS) is 9.25. The fourth-order valence-electron chi connectivity index (χ4n) is 0.948. The first kappa shape index (κ1) is 8.60. The lowest BCUT2D eigenvalue weighted by atomic mass is 10.2. The Hall–Kier alpha value is -1.50. The van der Waals surface area contributed by atoms with Gasteiger partial charge in [-0.15, -0.1) is 0 Å². The lowest BCUT2D eigenvalue weighted by Gasteiger charge is -2.12. The van der Waals surface area contributed by atoms with Crippen LogP contribution in [0.25, 0.3) is 0 Å². The van der Waals surface area contributed by atoms with Crippen LogP contribution in [0, 0.1) is 0 Å². The van der Waals surface area contributed by atoms with E-state index in [1.54, 1.807) is 18.2 Å². The van der Waals surface area contributed by atoms with E-state index in [-0.39, 0.29) is 0 Å². The molecule has 12 heavy (non-hydrogen) atoms. The number of nitrogens with two attached hydrogens (primary N) is 3. The second-order valence-electron chi connectivity index (χ2n) is 2.16. The Labute approximate surface area is 70.0 Å². The highest BCUT2D eigenvalue weighted by molar-refractivity contribution is 5.81. The molecule has 0 saturated carbocycles. The van der Waals surface area contributed by atoms with Gasteiger partial charge in [0.1, 0.15) is 0 Å². The van der Waals surface area contributed by atoms with Gasteiger partial charge in [-0.1, -0.05) is 6.07 Å². The van der Waals surface area contributed by atoms with Crippen LogP contribution in [-0.2, 0) is 0 Å². The molecule has 9 N–H and O–H groups in total. The van der Waals surface area contributed by atoms with Gasteiger partial charge in [0.2, 0.25) is 0 Å². The van der Waals surface area contributed by atoms with Crippen LogP contribution in [0.3, 0.4) is 0 Å². The molecule has 0 aliphatic rings. The number of hydrogen-bond donors (Lipinski definition) is 6. The number of nitrogen functional groups attached to an aromatic ring is 3. The third kappa shape index (κ3) is 1.40. The molecule has 6 heteroatoms. The van der Waals surface area contributed by atoms with Crippen LogP contribution in [0.4, 0.5) is 17.1 Å². The summed E-state index contributed by atoms with van der Waals surface area (Å²) >= 11 is 0. The number of benzene rings is 1. The van der Waals surface area contributed by atoms with Crippen molar-refractivity contribution in [1.82, 2.24) is 0 Å². The van der Waals surface area contributed by atoms with Crippen molar-refractivity contribution in [3.8, 4) is 0 Å². The number of hydrogen-bond acceptors (Lipinski definition) is 6. The fraction of sp³-hybridized carbons (Fsp3) is 0. The van der Waals surface area contributed by atoms with Crippen molar-refractivity contribution in [3.63, 3.8) is 0 Å². The Kier molecular flexibility index (Phi) is 2.70. The Morgan fingerprint density at radius 3 is 1.67 bits per heavy atom. The van der Waals surface area contributed by atoms with Gasteiger partial charge in [-0.2, -0.15) is 0 Å².